The highest BCUT2D eigenvalue weighted by Crippen LogP contribution is 2.17. The summed E-state index contributed by atoms with van der Waals surface area (Å²) >= 11 is 0. The number of nitrogens with one attached hydrogen (secondary N) is 1. The Morgan fingerprint density at radius 2 is 2.05 bits per heavy atom. The summed E-state index contributed by atoms with van der Waals surface area (Å²) in [7, 11) is 1.62. The monoisotopic (exact) mass is 277 g/mol. The van der Waals surface area contributed by atoms with E-state index in [2.05, 4.69) is 17.1 Å². The van der Waals surface area contributed by atoms with Gasteiger partial charge in [0.05, 0.1) is 7.11 Å². The Balaban J connectivity index is 1.86. The number of amides is 2. The first kappa shape index (κ1) is 14.7. The number of urea groups is 1. The fourth-order valence-electron chi connectivity index (χ4n) is 2.39. The number of ether oxygens (including phenoxy) is 1. The molecule has 20 heavy (non-hydrogen) atoms. The van der Waals surface area contributed by atoms with Crippen molar-refractivity contribution < 1.29 is 9.53 Å². The van der Waals surface area contributed by atoms with Crippen molar-refractivity contribution in [1.29, 1.82) is 0 Å². The third-order valence-corrected chi connectivity index (χ3v) is 3.52. The lowest BCUT2D eigenvalue weighted by Crippen LogP contribution is -2.50. The van der Waals surface area contributed by atoms with Crippen LogP contribution in [-0.4, -0.2) is 55.7 Å². The zero-order valence-electron chi connectivity index (χ0n) is 12.3. The Kier molecular flexibility index (Phi) is 5.24. The van der Waals surface area contributed by atoms with E-state index in [4.69, 9.17) is 4.74 Å². The maximum atomic E-state index is 12.2. The summed E-state index contributed by atoms with van der Waals surface area (Å²) in [6.45, 7) is 6.79. The zero-order valence-corrected chi connectivity index (χ0v) is 12.3. The highest BCUT2D eigenvalue weighted by Gasteiger charge is 2.20. The van der Waals surface area contributed by atoms with Crippen LogP contribution in [0.3, 0.4) is 0 Å². The van der Waals surface area contributed by atoms with Crippen molar-refractivity contribution in [3.63, 3.8) is 0 Å². The standard InChI is InChI=1S/C15H23N3O2/c1-3-7-17-8-10-18(11-9-17)15(19)16-13-5-4-6-14(12-13)20-2/h4-6,12H,3,7-11H2,1-2H3,(H,16,19). The topological polar surface area (TPSA) is 44.8 Å². The molecule has 2 amide bonds. The maximum Gasteiger partial charge on any atom is 0.321 e. The van der Waals surface area contributed by atoms with Crippen molar-refractivity contribution >= 4 is 11.7 Å². The van der Waals surface area contributed by atoms with Crippen LogP contribution in [0.2, 0.25) is 0 Å². The summed E-state index contributed by atoms with van der Waals surface area (Å²) in [6, 6.07) is 7.39. The molecule has 1 N–H and O–H groups in total. The molecule has 0 aromatic heterocycles. The molecule has 0 spiro atoms. The summed E-state index contributed by atoms with van der Waals surface area (Å²) in [6.07, 6.45) is 1.16. The smallest absolute Gasteiger partial charge is 0.321 e. The molecule has 0 saturated carbocycles. The number of hydrogen-bond acceptors (Lipinski definition) is 3. The highest BCUT2D eigenvalue weighted by molar-refractivity contribution is 5.89. The van der Waals surface area contributed by atoms with Crippen LogP contribution in [0, 0.1) is 0 Å². The lowest BCUT2D eigenvalue weighted by Gasteiger charge is -2.34. The molecule has 0 bridgehead atoms. The van der Waals surface area contributed by atoms with E-state index in [0.717, 1.165) is 50.6 Å². The number of rotatable bonds is 4. The van der Waals surface area contributed by atoms with E-state index in [-0.39, 0.29) is 6.03 Å². The van der Waals surface area contributed by atoms with Crippen LogP contribution in [0.25, 0.3) is 0 Å². The molecule has 1 aliphatic rings. The van der Waals surface area contributed by atoms with Gasteiger partial charge < -0.3 is 15.0 Å². The fourth-order valence-corrected chi connectivity index (χ4v) is 2.39. The Hall–Kier alpha value is -1.75. The number of carbonyl (C=O) groups is 1. The van der Waals surface area contributed by atoms with Crippen molar-refractivity contribution in [2.75, 3.05) is 45.2 Å². The predicted molar refractivity (Wildman–Crippen MR) is 80.3 cm³/mol. The summed E-state index contributed by atoms with van der Waals surface area (Å²) < 4.78 is 5.15. The molecule has 0 unspecified atom stereocenters. The zero-order chi connectivity index (χ0) is 14.4. The molecular formula is C15H23N3O2. The van der Waals surface area contributed by atoms with Crippen LogP contribution in [0.5, 0.6) is 5.75 Å². The number of nitrogens with zero attached hydrogens (tertiary/aromatic N) is 2. The minimum atomic E-state index is -0.0330. The van der Waals surface area contributed by atoms with Crippen LogP contribution >= 0.6 is 0 Å². The quantitative estimate of drug-likeness (QED) is 0.918. The van der Waals surface area contributed by atoms with Gasteiger partial charge in [-0.25, -0.2) is 4.79 Å². The molecule has 1 aromatic carbocycles. The first-order valence-electron chi connectivity index (χ1n) is 7.15. The summed E-state index contributed by atoms with van der Waals surface area (Å²) in [4.78, 5) is 16.5. The minimum Gasteiger partial charge on any atom is -0.497 e. The normalized spacial score (nSPS) is 16.0. The SMILES string of the molecule is CCCN1CCN(C(=O)Nc2cccc(OC)c2)CC1. The average Bonchev–Trinajstić information content (AvgIpc) is 2.48. The molecule has 5 nitrogen and oxygen atoms in total. The Labute approximate surface area is 120 Å². The van der Waals surface area contributed by atoms with Gasteiger partial charge in [0.1, 0.15) is 5.75 Å². The first-order chi connectivity index (χ1) is 9.72. The van der Waals surface area contributed by atoms with Crippen molar-refractivity contribution in [1.82, 2.24) is 9.80 Å². The second-order valence-corrected chi connectivity index (χ2v) is 4.99. The maximum absolute atomic E-state index is 12.2. The largest absolute Gasteiger partial charge is 0.497 e. The molecule has 1 aromatic rings. The van der Waals surface area contributed by atoms with E-state index in [9.17, 15) is 4.79 Å². The second kappa shape index (κ2) is 7.14. The Morgan fingerprint density at radius 3 is 2.70 bits per heavy atom. The average molecular weight is 277 g/mol. The van der Waals surface area contributed by atoms with E-state index in [1.54, 1.807) is 7.11 Å². The van der Waals surface area contributed by atoms with E-state index >= 15 is 0 Å². The van der Waals surface area contributed by atoms with Crippen molar-refractivity contribution in [3.8, 4) is 5.75 Å². The molecule has 5 heteroatoms. The third kappa shape index (κ3) is 3.87. The molecule has 0 aliphatic carbocycles. The van der Waals surface area contributed by atoms with Gasteiger partial charge in [-0.3, -0.25) is 4.90 Å². The van der Waals surface area contributed by atoms with E-state index in [0.29, 0.717) is 0 Å². The van der Waals surface area contributed by atoms with Crippen LogP contribution in [0.4, 0.5) is 10.5 Å². The van der Waals surface area contributed by atoms with Gasteiger partial charge in [-0.2, -0.15) is 0 Å². The number of piperazine rings is 1. The molecule has 110 valence electrons. The predicted octanol–water partition coefficient (Wildman–Crippen LogP) is 2.25. The Bertz CT molecular complexity index is 442. The van der Waals surface area contributed by atoms with Gasteiger partial charge in [0.15, 0.2) is 0 Å². The van der Waals surface area contributed by atoms with Gasteiger partial charge in [0, 0.05) is 37.9 Å². The first-order valence-corrected chi connectivity index (χ1v) is 7.15. The number of carbonyl (C=O) groups excluding carboxylic acids is 1. The second-order valence-electron chi connectivity index (χ2n) is 4.99. The molecule has 2 rings (SSSR count). The van der Waals surface area contributed by atoms with E-state index in [1.165, 1.54) is 0 Å². The number of benzene rings is 1. The van der Waals surface area contributed by atoms with Crippen LogP contribution in [0.15, 0.2) is 24.3 Å². The molecule has 1 saturated heterocycles. The third-order valence-electron chi connectivity index (χ3n) is 3.52. The summed E-state index contributed by atoms with van der Waals surface area (Å²) in [5.41, 5.74) is 0.769. The summed E-state index contributed by atoms with van der Waals surface area (Å²) in [5.74, 6) is 0.746. The fraction of sp³-hybridized carbons (Fsp3) is 0.533. The van der Waals surface area contributed by atoms with Gasteiger partial charge in [0.2, 0.25) is 0 Å². The van der Waals surface area contributed by atoms with E-state index in [1.807, 2.05) is 29.2 Å². The van der Waals surface area contributed by atoms with Crippen molar-refractivity contribution in [2.45, 2.75) is 13.3 Å². The minimum absolute atomic E-state index is 0.0330. The summed E-state index contributed by atoms with van der Waals surface area (Å²) in [5, 5.41) is 2.92. The van der Waals surface area contributed by atoms with Gasteiger partial charge in [-0.1, -0.05) is 13.0 Å². The van der Waals surface area contributed by atoms with Crippen LogP contribution in [0.1, 0.15) is 13.3 Å². The molecule has 0 atom stereocenters. The number of methoxy groups -OCH3 is 1. The van der Waals surface area contributed by atoms with E-state index < -0.39 is 0 Å². The van der Waals surface area contributed by atoms with Gasteiger partial charge in [-0.15, -0.1) is 0 Å². The van der Waals surface area contributed by atoms with Gasteiger partial charge >= 0.3 is 6.03 Å². The van der Waals surface area contributed by atoms with Gasteiger partial charge in [-0.05, 0) is 25.1 Å². The molecule has 1 heterocycles. The lowest BCUT2D eigenvalue weighted by molar-refractivity contribution is 0.147. The van der Waals surface area contributed by atoms with Gasteiger partial charge in [0.25, 0.3) is 0 Å². The van der Waals surface area contributed by atoms with Crippen molar-refractivity contribution in [2.24, 2.45) is 0 Å². The number of hydrogen-bond donors (Lipinski definition) is 1. The van der Waals surface area contributed by atoms with Crippen molar-refractivity contribution in [3.05, 3.63) is 24.3 Å². The molecule has 1 aliphatic heterocycles. The van der Waals surface area contributed by atoms with Crippen LogP contribution in [-0.2, 0) is 0 Å². The van der Waals surface area contributed by atoms with Crippen LogP contribution < -0.4 is 10.1 Å². The molecule has 0 radical (unpaired) electrons. The molecule has 1 fully saturated rings. The molecular weight excluding hydrogens is 254 g/mol. The Morgan fingerprint density at radius 1 is 1.30 bits per heavy atom. The lowest BCUT2D eigenvalue weighted by atomic mass is 10.3. The number of anilines is 1. The highest BCUT2D eigenvalue weighted by atomic mass is 16.5.